The van der Waals surface area contributed by atoms with Gasteiger partial charge >= 0.3 is 0 Å². The summed E-state index contributed by atoms with van der Waals surface area (Å²) >= 11 is 3.73. The number of allylic oxidation sites excluding steroid dienone is 2. The molecular weight excluding hydrogens is 941 g/mol. The number of carbonyl (C=O) groups excluding carboxylic acids is 1. The van der Waals surface area contributed by atoms with Crippen molar-refractivity contribution in [2.45, 2.75) is 134 Å². The summed E-state index contributed by atoms with van der Waals surface area (Å²) in [6.45, 7) is 30.2. The van der Waals surface area contributed by atoms with Crippen molar-refractivity contribution in [3.63, 3.8) is 0 Å². The van der Waals surface area contributed by atoms with Crippen molar-refractivity contribution < 1.29 is 30.0 Å². The molecule has 3 heterocycles. The van der Waals surface area contributed by atoms with Crippen LogP contribution in [0.5, 0.6) is 0 Å². The largest absolute Gasteiger partial charge is 0.512 e. The Morgan fingerprint density at radius 1 is 0.780 bits per heavy atom. The molecule has 0 aliphatic carbocycles. The smallest absolute Gasteiger partial charge is 0.164 e. The van der Waals surface area contributed by atoms with Crippen LogP contribution < -0.4 is 0 Å². The Morgan fingerprint density at radius 2 is 1.36 bits per heavy atom. The van der Waals surface area contributed by atoms with Gasteiger partial charge in [0.1, 0.15) is 12.1 Å². The van der Waals surface area contributed by atoms with E-state index in [-0.39, 0.29) is 47.9 Å². The zero-order valence-electron chi connectivity index (χ0n) is 37.9. The average Bonchev–Trinajstić information content (AvgIpc) is 3.70. The van der Waals surface area contributed by atoms with Gasteiger partial charge in [0.05, 0.1) is 5.52 Å². The molecule has 1 N–H and O–H groups in total. The molecule has 0 spiro atoms. The van der Waals surface area contributed by atoms with E-state index in [4.69, 9.17) is 9.97 Å². The zero-order chi connectivity index (χ0) is 42.7. The zero-order valence-corrected chi connectivity index (χ0v) is 41.9. The van der Waals surface area contributed by atoms with Gasteiger partial charge in [0.15, 0.2) is 5.78 Å². The maximum absolute atomic E-state index is 12.2. The van der Waals surface area contributed by atoms with Crippen molar-refractivity contribution in [2.75, 3.05) is 0 Å². The fourth-order valence-electron chi connectivity index (χ4n) is 7.45. The maximum atomic E-state index is 12.2. The molecule has 0 bridgehead atoms. The first-order chi connectivity index (χ1) is 27.3. The molecule has 59 heavy (non-hydrogen) atoms. The number of fused-ring (bicyclic) bond motifs is 2. The van der Waals surface area contributed by atoms with Crippen molar-refractivity contribution in [1.82, 2.24) is 9.97 Å². The second-order valence-corrected chi connectivity index (χ2v) is 20.1. The van der Waals surface area contributed by atoms with Crippen molar-refractivity contribution in [3.05, 3.63) is 107 Å². The first-order valence-corrected chi connectivity index (χ1v) is 22.8. The van der Waals surface area contributed by atoms with Gasteiger partial charge in [-0.15, -0.1) is 51.8 Å². The number of aliphatic hydroxyl groups excluding tert-OH is 1. The summed E-state index contributed by atoms with van der Waals surface area (Å²) in [5.74, 6) is 0.947. The molecular formula is C52H65IrN2O2S2-. The van der Waals surface area contributed by atoms with Crippen molar-refractivity contribution in [1.29, 1.82) is 0 Å². The van der Waals surface area contributed by atoms with Crippen LogP contribution in [0.2, 0.25) is 0 Å². The predicted octanol–water partition coefficient (Wildman–Crippen LogP) is 15.8. The molecule has 3 aromatic carbocycles. The van der Waals surface area contributed by atoms with Crippen molar-refractivity contribution in [3.8, 4) is 31.5 Å². The summed E-state index contributed by atoms with van der Waals surface area (Å²) < 4.78 is 1.14. The third kappa shape index (κ3) is 10.2. The van der Waals surface area contributed by atoms with E-state index < -0.39 is 0 Å². The second-order valence-electron chi connectivity index (χ2n) is 18.1. The summed E-state index contributed by atoms with van der Waals surface area (Å²) in [6.07, 6.45) is 7.59. The minimum absolute atomic E-state index is 0. The minimum atomic E-state index is -0.337. The quantitative estimate of drug-likeness (QED) is 0.0754. The van der Waals surface area contributed by atoms with Gasteiger partial charge < -0.3 is 5.11 Å². The number of nitrogens with zero attached hydrogens (tertiary/aromatic N) is 2. The number of aromatic nitrogens is 2. The third-order valence-corrected chi connectivity index (χ3v) is 15.6. The average molecular weight is 1010 g/mol. The molecule has 3 aromatic heterocycles. The first-order valence-electron chi connectivity index (χ1n) is 21.2. The minimum Gasteiger partial charge on any atom is -0.512 e. The number of carbonyl (C=O) groups is 1. The van der Waals surface area contributed by atoms with Crippen LogP contribution in [-0.4, -0.2) is 20.9 Å². The normalized spacial score (nSPS) is 12.5. The molecule has 0 atom stereocenters. The van der Waals surface area contributed by atoms with Crippen LogP contribution in [0.3, 0.4) is 0 Å². The monoisotopic (exact) mass is 1010 g/mol. The molecule has 4 nitrogen and oxygen atoms in total. The number of aryl methyl sites for hydroxylation is 1. The Balaban J connectivity index is 0.000000364. The summed E-state index contributed by atoms with van der Waals surface area (Å²) in [6, 6.07) is 23.7. The van der Waals surface area contributed by atoms with E-state index in [0.29, 0.717) is 5.92 Å². The molecule has 0 fully saturated rings. The van der Waals surface area contributed by atoms with Gasteiger partial charge in [-0.05, 0) is 92.0 Å². The van der Waals surface area contributed by atoms with Crippen LogP contribution in [0.1, 0.15) is 130 Å². The van der Waals surface area contributed by atoms with Gasteiger partial charge in [0, 0.05) is 62.0 Å². The Labute approximate surface area is 376 Å². The topological polar surface area (TPSA) is 63.1 Å². The number of hydrogen-bond acceptors (Lipinski definition) is 6. The van der Waals surface area contributed by atoms with E-state index in [1.54, 1.807) is 6.33 Å². The van der Waals surface area contributed by atoms with Gasteiger partial charge in [0.2, 0.25) is 0 Å². The van der Waals surface area contributed by atoms with E-state index in [0.717, 1.165) is 59.0 Å². The summed E-state index contributed by atoms with van der Waals surface area (Å²) in [5.41, 5.74) is 10.4. The summed E-state index contributed by atoms with van der Waals surface area (Å²) in [5, 5.41) is 12.5. The molecule has 0 aliphatic heterocycles. The molecule has 317 valence electrons. The number of hydrogen-bond donors (Lipinski definition) is 1. The standard InChI is InChI=1S/C37H37N2S2.C15H28O2.Ir/c1-21(2)17-25-13-15-26(16-14-25)33-22(3)23(4)34(40-33)35-24(5)31-36(41-35)32(39-20-38-31)28-18-27-11-9-10-12-29(27)30(19-28)37(6,7)8;1-7-14(5,8-2)12(16)11-13(17)15(6,9-3)10-4;/h9-16,19-21H,17H2,1-8H3;11,16H,7-10H2,1-6H3;/q-1;;/b;12-11-;. The van der Waals surface area contributed by atoms with Crippen LogP contribution in [0.4, 0.5) is 0 Å². The maximum Gasteiger partial charge on any atom is 0.164 e. The van der Waals surface area contributed by atoms with Crippen molar-refractivity contribution >= 4 is 49.4 Å². The molecule has 7 heteroatoms. The molecule has 0 saturated carbocycles. The first kappa shape index (κ1) is 48.2. The molecule has 0 aliphatic rings. The van der Waals surface area contributed by atoms with Crippen LogP contribution in [-0.2, 0) is 36.7 Å². The number of aliphatic hydroxyl groups is 1. The van der Waals surface area contributed by atoms with Crippen LogP contribution >= 0.6 is 22.7 Å². The molecule has 0 amide bonds. The van der Waals surface area contributed by atoms with E-state index in [1.807, 2.05) is 64.2 Å². The molecule has 6 rings (SSSR count). The molecule has 1 radical (unpaired) electrons. The van der Waals surface area contributed by atoms with Gasteiger partial charge in [-0.2, -0.15) is 0 Å². The Kier molecular flexibility index (Phi) is 15.9. The van der Waals surface area contributed by atoms with E-state index in [1.165, 1.54) is 59.5 Å². The van der Waals surface area contributed by atoms with Gasteiger partial charge in [0.25, 0.3) is 0 Å². The second kappa shape index (κ2) is 19.5. The number of ketones is 1. The number of benzene rings is 3. The number of rotatable bonds is 12. The van der Waals surface area contributed by atoms with Crippen LogP contribution in [0.25, 0.3) is 52.4 Å². The Bertz CT molecular complexity index is 2420. The fourth-order valence-corrected chi connectivity index (χ4v) is 10.3. The van der Waals surface area contributed by atoms with Gasteiger partial charge in [-0.3, -0.25) is 9.78 Å². The van der Waals surface area contributed by atoms with E-state index >= 15 is 0 Å². The van der Waals surface area contributed by atoms with Crippen LogP contribution in [0.15, 0.2) is 72.8 Å². The predicted molar refractivity (Wildman–Crippen MR) is 252 cm³/mol. The molecule has 0 unspecified atom stereocenters. The van der Waals surface area contributed by atoms with Crippen LogP contribution in [0, 0.1) is 43.6 Å². The Hall–Kier alpha value is -3.48. The molecule has 6 aromatic rings. The van der Waals surface area contributed by atoms with E-state index in [2.05, 4.69) is 116 Å². The van der Waals surface area contributed by atoms with Gasteiger partial charge in [-0.25, -0.2) is 4.98 Å². The Morgan fingerprint density at radius 3 is 1.93 bits per heavy atom. The molecule has 0 saturated heterocycles. The van der Waals surface area contributed by atoms with Crippen molar-refractivity contribution in [2.24, 2.45) is 16.7 Å². The fraction of sp³-hybridized carbons (Fsp3) is 0.442. The summed E-state index contributed by atoms with van der Waals surface area (Å²) in [7, 11) is 0. The third-order valence-electron chi connectivity index (χ3n) is 12.7. The van der Waals surface area contributed by atoms with E-state index in [9.17, 15) is 9.90 Å². The number of thiophene rings is 2. The summed E-state index contributed by atoms with van der Waals surface area (Å²) in [4.78, 5) is 25.8. The SMILES string of the molecule is CCC(C)(CC)C(=O)/C=C(\O)C(C)(CC)CC.Cc1c(-c2ccc(CC(C)C)cc2)sc(-c2sc3c(-c4[c-]c5ccccc5c(C(C)(C)C)c4)ncnc3c2C)c1C.[Ir]. The van der Waals surface area contributed by atoms with Gasteiger partial charge in [-0.1, -0.05) is 130 Å².